The van der Waals surface area contributed by atoms with Gasteiger partial charge in [-0.15, -0.1) is 0 Å². The van der Waals surface area contributed by atoms with Crippen LogP contribution in [0.2, 0.25) is 0 Å². The zero-order valence-corrected chi connectivity index (χ0v) is 20.5. The van der Waals surface area contributed by atoms with Crippen molar-refractivity contribution in [2.45, 2.75) is 51.1 Å². The first-order chi connectivity index (χ1) is 17.0. The summed E-state index contributed by atoms with van der Waals surface area (Å²) < 4.78 is 32.5. The predicted molar refractivity (Wildman–Crippen MR) is 132 cm³/mol. The van der Waals surface area contributed by atoms with Crippen molar-refractivity contribution in [1.29, 1.82) is 0 Å². The summed E-state index contributed by atoms with van der Waals surface area (Å²) in [5.41, 5.74) is 5.90. The smallest absolute Gasteiger partial charge is 0.264 e. The minimum atomic E-state index is -2.56. The van der Waals surface area contributed by atoms with Crippen LogP contribution in [0, 0.1) is 0 Å². The first-order valence-corrected chi connectivity index (χ1v) is 12.7. The monoisotopic (exact) mass is 481 g/mol. The van der Waals surface area contributed by atoms with Gasteiger partial charge in [-0.1, -0.05) is 0 Å². The zero-order chi connectivity index (χ0) is 24.1. The molecule has 0 atom stereocenters. The Hall–Kier alpha value is -2.78. The molecule has 0 aliphatic carbocycles. The van der Waals surface area contributed by atoms with Crippen molar-refractivity contribution in [3.63, 3.8) is 0 Å². The molecule has 0 saturated carbocycles. The minimum absolute atomic E-state index is 0.0605. The number of aromatic nitrogens is 4. The topological polar surface area (TPSA) is 54.2 Å². The second kappa shape index (κ2) is 9.02. The van der Waals surface area contributed by atoms with Gasteiger partial charge >= 0.3 is 0 Å². The fourth-order valence-corrected chi connectivity index (χ4v) is 5.97. The second-order valence-corrected chi connectivity index (χ2v) is 10.2. The quantitative estimate of drug-likeness (QED) is 0.605. The Morgan fingerprint density at radius 2 is 1.91 bits per heavy atom. The number of fused-ring (bicyclic) bond motifs is 2. The molecule has 3 aliphatic heterocycles. The van der Waals surface area contributed by atoms with Crippen LogP contribution in [-0.4, -0.2) is 57.7 Å². The fourth-order valence-electron chi connectivity index (χ4n) is 5.97. The molecule has 9 heteroatoms. The van der Waals surface area contributed by atoms with Gasteiger partial charge in [0.25, 0.3) is 6.43 Å². The molecule has 1 fully saturated rings. The highest BCUT2D eigenvalue weighted by Crippen LogP contribution is 2.43. The summed E-state index contributed by atoms with van der Waals surface area (Å²) in [5, 5.41) is 12.9. The van der Waals surface area contributed by atoms with Crippen LogP contribution in [0.1, 0.15) is 54.1 Å². The normalized spacial score (nSPS) is 19.3. The van der Waals surface area contributed by atoms with Gasteiger partial charge in [0.2, 0.25) is 0 Å². The van der Waals surface area contributed by atoms with Crippen LogP contribution in [-0.2, 0) is 26.4 Å². The number of rotatable bonds is 4. The fraction of sp³-hybridized carbons (Fsp3) is 0.538. The molecule has 5 heterocycles. The van der Waals surface area contributed by atoms with E-state index in [1.165, 1.54) is 11.3 Å². The Morgan fingerprint density at radius 3 is 2.66 bits per heavy atom. The van der Waals surface area contributed by atoms with Crippen LogP contribution in [0.3, 0.4) is 0 Å². The number of benzene rings is 1. The van der Waals surface area contributed by atoms with Crippen molar-refractivity contribution >= 4 is 11.5 Å². The summed E-state index contributed by atoms with van der Waals surface area (Å²) in [4.78, 5) is 4.58. The molecule has 2 aromatic heterocycles. The number of nitrogens with zero attached hydrogens (tertiary/aromatic N) is 6. The number of hydrogen-bond donors (Lipinski definition) is 1. The van der Waals surface area contributed by atoms with Crippen molar-refractivity contribution in [3.8, 4) is 11.1 Å². The molecule has 1 N–H and O–H groups in total. The summed E-state index contributed by atoms with van der Waals surface area (Å²) in [6.07, 6.45) is 5.90. The molecule has 3 aromatic rings. The number of alkyl halides is 2. The van der Waals surface area contributed by atoms with Gasteiger partial charge in [-0.25, -0.2) is 8.78 Å². The standard InChI is InChI=1S/C26H33F2N7/c1-32-10-6-19(7-11-32)35-23-5-8-29-15-22(23)26(31-35)34-9-3-4-17-12-20(18-14-30-33(2)16-18)21(25(27)28)13-24(17)34/h12-14,16,19,25,29H,3-11,15H2,1-2H3. The van der Waals surface area contributed by atoms with Crippen molar-refractivity contribution in [2.24, 2.45) is 7.05 Å². The number of piperidine rings is 1. The summed E-state index contributed by atoms with van der Waals surface area (Å²) in [6, 6.07) is 4.07. The number of hydrogen-bond acceptors (Lipinski definition) is 5. The van der Waals surface area contributed by atoms with E-state index in [4.69, 9.17) is 5.10 Å². The van der Waals surface area contributed by atoms with Gasteiger partial charge in [0, 0.05) is 67.4 Å². The lowest BCUT2D eigenvalue weighted by atomic mass is 9.93. The van der Waals surface area contributed by atoms with E-state index in [0.717, 1.165) is 87.5 Å². The largest absolute Gasteiger partial charge is 0.324 e. The van der Waals surface area contributed by atoms with Crippen molar-refractivity contribution in [1.82, 2.24) is 29.8 Å². The van der Waals surface area contributed by atoms with Gasteiger partial charge in [0.15, 0.2) is 5.82 Å². The minimum Gasteiger partial charge on any atom is -0.324 e. The number of nitrogens with one attached hydrogen (secondary N) is 1. The van der Waals surface area contributed by atoms with Crippen LogP contribution in [0.25, 0.3) is 11.1 Å². The Balaban J connectivity index is 1.44. The molecule has 35 heavy (non-hydrogen) atoms. The zero-order valence-electron chi connectivity index (χ0n) is 20.5. The molecule has 0 radical (unpaired) electrons. The van der Waals surface area contributed by atoms with Crippen molar-refractivity contribution in [2.75, 3.05) is 38.1 Å². The lowest BCUT2D eigenvalue weighted by Crippen LogP contribution is -2.33. The summed E-state index contributed by atoms with van der Waals surface area (Å²) in [6.45, 7) is 4.67. The Kier molecular flexibility index (Phi) is 5.84. The van der Waals surface area contributed by atoms with Crippen molar-refractivity contribution < 1.29 is 8.78 Å². The molecule has 1 saturated heterocycles. The molecule has 6 rings (SSSR count). The molecule has 186 valence electrons. The van der Waals surface area contributed by atoms with E-state index in [2.05, 4.69) is 31.9 Å². The number of halogens is 2. The SMILES string of the molecule is CN1CCC(n2nc(N3CCCc4cc(-c5cnn(C)c5)c(C(F)F)cc43)c3c2CCNC3)CC1. The van der Waals surface area contributed by atoms with E-state index < -0.39 is 6.43 Å². The third-order valence-corrected chi connectivity index (χ3v) is 7.85. The van der Waals surface area contributed by atoms with E-state index >= 15 is 0 Å². The first-order valence-electron chi connectivity index (χ1n) is 12.7. The summed E-state index contributed by atoms with van der Waals surface area (Å²) in [7, 11) is 3.98. The molecule has 0 amide bonds. The highest BCUT2D eigenvalue weighted by atomic mass is 19.3. The van der Waals surface area contributed by atoms with Gasteiger partial charge in [-0.3, -0.25) is 9.36 Å². The maximum absolute atomic E-state index is 14.3. The number of likely N-dealkylation sites (tertiary alicyclic amines) is 1. The van der Waals surface area contributed by atoms with E-state index in [9.17, 15) is 8.78 Å². The highest BCUT2D eigenvalue weighted by molar-refractivity contribution is 5.76. The lowest BCUT2D eigenvalue weighted by molar-refractivity contribution is 0.152. The maximum atomic E-state index is 14.3. The third-order valence-electron chi connectivity index (χ3n) is 7.85. The van der Waals surface area contributed by atoms with Gasteiger partial charge in [0.05, 0.1) is 12.2 Å². The van der Waals surface area contributed by atoms with E-state index in [0.29, 0.717) is 11.6 Å². The lowest BCUT2D eigenvalue weighted by Gasteiger charge is -2.32. The highest BCUT2D eigenvalue weighted by Gasteiger charge is 2.32. The Morgan fingerprint density at radius 1 is 1.09 bits per heavy atom. The maximum Gasteiger partial charge on any atom is 0.264 e. The van der Waals surface area contributed by atoms with Crippen LogP contribution >= 0.6 is 0 Å². The first kappa shape index (κ1) is 22.7. The average molecular weight is 482 g/mol. The molecule has 0 unspecified atom stereocenters. The van der Waals surface area contributed by atoms with E-state index in [1.807, 2.05) is 13.1 Å². The van der Waals surface area contributed by atoms with Crippen molar-refractivity contribution in [3.05, 3.63) is 46.9 Å². The second-order valence-electron chi connectivity index (χ2n) is 10.2. The molecular formula is C26H33F2N7. The average Bonchev–Trinajstić information content (AvgIpc) is 3.47. The summed E-state index contributed by atoms with van der Waals surface area (Å²) in [5.74, 6) is 0.946. The summed E-state index contributed by atoms with van der Waals surface area (Å²) >= 11 is 0. The molecule has 0 spiro atoms. The number of aryl methyl sites for hydroxylation is 2. The third kappa shape index (κ3) is 4.04. The molecule has 7 nitrogen and oxygen atoms in total. The van der Waals surface area contributed by atoms with Crippen LogP contribution in [0.5, 0.6) is 0 Å². The molecular weight excluding hydrogens is 448 g/mol. The van der Waals surface area contributed by atoms with E-state index in [1.54, 1.807) is 23.1 Å². The van der Waals surface area contributed by atoms with Gasteiger partial charge < -0.3 is 15.1 Å². The van der Waals surface area contributed by atoms with Gasteiger partial charge in [-0.2, -0.15) is 10.2 Å². The number of anilines is 2. The molecule has 1 aromatic carbocycles. The Labute approximate surface area is 204 Å². The van der Waals surface area contributed by atoms with Crippen LogP contribution in [0.4, 0.5) is 20.3 Å². The Bertz CT molecular complexity index is 1220. The van der Waals surface area contributed by atoms with Crippen LogP contribution < -0.4 is 10.2 Å². The van der Waals surface area contributed by atoms with Crippen LogP contribution in [0.15, 0.2) is 24.5 Å². The van der Waals surface area contributed by atoms with Gasteiger partial charge in [0.1, 0.15) is 0 Å². The van der Waals surface area contributed by atoms with E-state index in [-0.39, 0.29) is 5.56 Å². The van der Waals surface area contributed by atoms with Gasteiger partial charge in [-0.05, 0) is 69.1 Å². The molecule has 0 bridgehead atoms. The molecule has 3 aliphatic rings. The predicted octanol–water partition coefficient (Wildman–Crippen LogP) is 4.22.